The number of piperazine rings is 1. The molecule has 2 amide bonds. The number of benzene rings is 1. The molecule has 1 N–H and O–H groups in total. The van der Waals surface area contributed by atoms with Crippen LogP contribution in [-0.4, -0.2) is 64.2 Å². The van der Waals surface area contributed by atoms with Crippen LogP contribution in [0.25, 0.3) is 0 Å². The molecule has 2 heterocycles. The fourth-order valence-corrected chi connectivity index (χ4v) is 2.95. The third-order valence-corrected chi connectivity index (χ3v) is 4.70. The Bertz CT molecular complexity index is 741. The van der Waals surface area contributed by atoms with Crippen molar-refractivity contribution in [2.24, 2.45) is 0 Å². The summed E-state index contributed by atoms with van der Waals surface area (Å²) in [6.07, 6.45) is 2.84. The zero-order valence-corrected chi connectivity index (χ0v) is 15.3. The molecule has 1 saturated heterocycles. The number of hydrogen-bond donors (Lipinski definition) is 1. The van der Waals surface area contributed by atoms with E-state index in [2.05, 4.69) is 20.3 Å². The first-order chi connectivity index (χ1) is 12.5. The highest BCUT2D eigenvalue weighted by atomic mass is 35.5. The van der Waals surface area contributed by atoms with Crippen LogP contribution >= 0.6 is 11.6 Å². The Kier molecular flexibility index (Phi) is 5.72. The van der Waals surface area contributed by atoms with Gasteiger partial charge in [-0.1, -0.05) is 11.6 Å². The van der Waals surface area contributed by atoms with Gasteiger partial charge >= 0.3 is 0 Å². The van der Waals surface area contributed by atoms with Gasteiger partial charge in [-0.3, -0.25) is 9.59 Å². The molecule has 8 nitrogen and oxygen atoms in total. The first kappa shape index (κ1) is 18.2. The lowest BCUT2D eigenvalue weighted by atomic mass is 10.2. The monoisotopic (exact) mass is 376 g/mol. The maximum absolute atomic E-state index is 12.3. The Labute approximate surface area is 156 Å². The van der Waals surface area contributed by atoms with Crippen molar-refractivity contribution in [3.63, 3.8) is 0 Å². The molecule has 1 aliphatic rings. The molecule has 1 aliphatic heterocycles. The predicted molar refractivity (Wildman–Crippen MR) is 98.0 cm³/mol. The fourth-order valence-electron chi connectivity index (χ4n) is 2.83. The minimum absolute atomic E-state index is 0.0151. The van der Waals surface area contributed by atoms with E-state index in [0.29, 0.717) is 18.1 Å². The standard InChI is InChI=1S/C17H21ClN6O2/c1-13(24-12-19-11-21-24)17(26)20-10-16(25)23-8-6-22(7-9-23)15-4-2-14(18)3-5-15/h2-5,11-13H,6-10H2,1H3,(H,20,26)/t13-/m0/s1. The van der Waals surface area contributed by atoms with Crippen LogP contribution in [0.5, 0.6) is 0 Å². The molecule has 9 heteroatoms. The lowest BCUT2D eigenvalue weighted by Crippen LogP contribution is -2.51. The van der Waals surface area contributed by atoms with Crippen molar-refractivity contribution < 1.29 is 9.59 Å². The predicted octanol–water partition coefficient (Wildman–Crippen LogP) is 0.957. The molecule has 0 radical (unpaired) electrons. The molecule has 1 atom stereocenters. The molecule has 0 spiro atoms. The Hall–Kier alpha value is -2.61. The lowest BCUT2D eigenvalue weighted by molar-refractivity contribution is -0.133. The first-order valence-electron chi connectivity index (χ1n) is 8.44. The van der Waals surface area contributed by atoms with Crippen molar-refractivity contribution in [2.75, 3.05) is 37.6 Å². The minimum atomic E-state index is -0.507. The lowest BCUT2D eigenvalue weighted by Gasteiger charge is -2.36. The van der Waals surface area contributed by atoms with Crippen LogP contribution in [0.1, 0.15) is 13.0 Å². The van der Waals surface area contributed by atoms with E-state index in [9.17, 15) is 9.59 Å². The molecular weight excluding hydrogens is 356 g/mol. The van der Waals surface area contributed by atoms with Crippen LogP contribution in [0.2, 0.25) is 5.02 Å². The van der Waals surface area contributed by atoms with Gasteiger partial charge in [0.25, 0.3) is 0 Å². The number of nitrogens with one attached hydrogen (secondary N) is 1. The van der Waals surface area contributed by atoms with Crippen molar-refractivity contribution in [1.82, 2.24) is 25.0 Å². The Balaban J connectivity index is 1.45. The van der Waals surface area contributed by atoms with Gasteiger partial charge in [0.05, 0.1) is 6.54 Å². The number of amides is 2. The highest BCUT2D eigenvalue weighted by Crippen LogP contribution is 2.19. The zero-order chi connectivity index (χ0) is 18.5. The second kappa shape index (κ2) is 8.18. The van der Waals surface area contributed by atoms with Crippen LogP contribution < -0.4 is 10.2 Å². The highest BCUT2D eigenvalue weighted by molar-refractivity contribution is 6.30. The van der Waals surface area contributed by atoms with Crippen LogP contribution in [0.15, 0.2) is 36.9 Å². The van der Waals surface area contributed by atoms with Gasteiger partial charge in [-0.2, -0.15) is 5.10 Å². The van der Waals surface area contributed by atoms with Gasteiger partial charge in [-0.15, -0.1) is 0 Å². The number of hydrogen-bond acceptors (Lipinski definition) is 5. The van der Waals surface area contributed by atoms with E-state index in [1.54, 1.807) is 11.8 Å². The third-order valence-electron chi connectivity index (χ3n) is 4.45. The van der Waals surface area contributed by atoms with E-state index in [0.717, 1.165) is 18.8 Å². The van der Waals surface area contributed by atoms with E-state index in [4.69, 9.17) is 11.6 Å². The number of carbonyl (C=O) groups excluding carboxylic acids is 2. The molecule has 0 unspecified atom stereocenters. The van der Waals surface area contributed by atoms with Crippen molar-refractivity contribution in [3.8, 4) is 0 Å². The van der Waals surface area contributed by atoms with E-state index < -0.39 is 6.04 Å². The van der Waals surface area contributed by atoms with Crippen molar-refractivity contribution >= 4 is 29.1 Å². The third kappa shape index (κ3) is 4.32. The molecule has 1 aromatic carbocycles. The van der Waals surface area contributed by atoms with Gasteiger partial charge in [0.2, 0.25) is 11.8 Å². The van der Waals surface area contributed by atoms with Crippen molar-refractivity contribution in [3.05, 3.63) is 41.9 Å². The Morgan fingerprint density at radius 2 is 1.88 bits per heavy atom. The van der Waals surface area contributed by atoms with E-state index in [-0.39, 0.29) is 18.4 Å². The number of anilines is 1. The maximum Gasteiger partial charge on any atom is 0.245 e. The van der Waals surface area contributed by atoms with Gasteiger partial charge in [-0.25, -0.2) is 9.67 Å². The summed E-state index contributed by atoms with van der Waals surface area (Å²) in [6.45, 7) is 4.43. The molecule has 0 saturated carbocycles. The van der Waals surface area contributed by atoms with Gasteiger partial charge in [0.15, 0.2) is 0 Å². The number of halogens is 1. The summed E-state index contributed by atoms with van der Waals surface area (Å²) < 4.78 is 1.45. The van der Waals surface area contributed by atoms with Crippen molar-refractivity contribution in [2.45, 2.75) is 13.0 Å². The van der Waals surface area contributed by atoms with Gasteiger partial charge in [0, 0.05) is 36.9 Å². The molecular formula is C17H21ClN6O2. The number of nitrogens with zero attached hydrogens (tertiary/aromatic N) is 5. The summed E-state index contributed by atoms with van der Waals surface area (Å²) in [5, 5.41) is 7.31. The molecule has 3 rings (SSSR count). The SMILES string of the molecule is C[C@@H](C(=O)NCC(=O)N1CCN(c2ccc(Cl)cc2)CC1)n1cncn1. The first-order valence-corrected chi connectivity index (χ1v) is 8.82. The fraction of sp³-hybridized carbons (Fsp3) is 0.412. The number of carbonyl (C=O) groups is 2. The summed E-state index contributed by atoms with van der Waals surface area (Å²) in [5.41, 5.74) is 1.09. The Morgan fingerprint density at radius 1 is 1.19 bits per heavy atom. The topological polar surface area (TPSA) is 83.4 Å². The van der Waals surface area contributed by atoms with E-state index >= 15 is 0 Å². The number of aromatic nitrogens is 3. The van der Waals surface area contributed by atoms with Gasteiger partial charge < -0.3 is 15.1 Å². The van der Waals surface area contributed by atoms with Crippen LogP contribution in [0, 0.1) is 0 Å². The summed E-state index contributed by atoms with van der Waals surface area (Å²) in [4.78, 5) is 32.2. The zero-order valence-electron chi connectivity index (χ0n) is 14.5. The minimum Gasteiger partial charge on any atom is -0.368 e. The second-order valence-corrected chi connectivity index (χ2v) is 6.55. The number of rotatable bonds is 5. The molecule has 26 heavy (non-hydrogen) atoms. The van der Waals surface area contributed by atoms with Gasteiger partial charge in [0.1, 0.15) is 18.7 Å². The average Bonchev–Trinajstić information content (AvgIpc) is 3.20. The van der Waals surface area contributed by atoms with Crippen LogP contribution in [-0.2, 0) is 9.59 Å². The highest BCUT2D eigenvalue weighted by Gasteiger charge is 2.22. The second-order valence-electron chi connectivity index (χ2n) is 6.11. The van der Waals surface area contributed by atoms with E-state index in [1.165, 1.54) is 17.3 Å². The maximum atomic E-state index is 12.3. The molecule has 0 aliphatic carbocycles. The molecule has 1 fully saturated rings. The summed E-state index contributed by atoms with van der Waals surface area (Å²) in [7, 11) is 0. The Morgan fingerprint density at radius 3 is 2.50 bits per heavy atom. The molecule has 1 aromatic heterocycles. The molecule has 138 valence electrons. The quantitative estimate of drug-likeness (QED) is 0.840. The molecule has 0 bridgehead atoms. The van der Waals surface area contributed by atoms with Gasteiger partial charge in [-0.05, 0) is 31.2 Å². The van der Waals surface area contributed by atoms with Crippen molar-refractivity contribution in [1.29, 1.82) is 0 Å². The van der Waals surface area contributed by atoms with E-state index in [1.807, 2.05) is 24.3 Å². The molecule has 2 aromatic rings. The van der Waals surface area contributed by atoms with Crippen LogP contribution in [0.3, 0.4) is 0 Å². The van der Waals surface area contributed by atoms with Crippen LogP contribution in [0.4, 0.5) is 5.69 Å². The average molecular weight is 377 g/mol. The normalized spacial score (nSPS) is 15.6. The largest absolute Gasteiger partial charge is 0.368 e. The summed E-state index contributed by atoms with van der Waals surface area (Å²) in [5.74, 6) is -0.344. The summed E-state index contributed by atoms with van der Waals surface area (Å²) in [6, 6.07) is 7.17. The smallest absolute Gasteiger partial charge is 0.245 e. The summed E-state index contributed by atoms with van der Waals surface area (Å²) >= 11 is 5.92.